The Morgan fingerprint density at radius 2 is 1.86 bits per heavy atom. The van der Waals surface area contributed by atoms with Crippen molar-refractivity contribution in [3.05, 3.63) is 0 Å². The summed E-state index contributed by atoms with van der Waals surface area (Å²) in [5.41, 5.74) is 0.296. The van der Waals surface area contributed by atoms with Gasteiger partial charge in [-0.1, -0.05) is 32.6 Å². The molecular weight excluding hydrogens is 264 g/mol. The smallest absolute Gasteiger partial charge is 0.245 e. The zero-order chi connectivity index (χ0) is 14.9. The van der Waals surface area contributed by atoms with E-state index in [0.717, 1.165) is 25.8 Å². The summed E-state index contributed by atoms with van der Waals surface area (Å²) in [6.07, 6.45) is 10.7. The first-order chi connectivity index (χ1) is 10.1. The molecule has 1 atom stereocenters. The molecule has 0 bridgehead atoms. The van der Waals surface area contributed by atoms with E-state index in [-0.39, 0.29) is 24.4 Å². The van der Waals surface area contributed by atoms with Crippen LogP contribution >= 0.6 is 0 Å². The highest BCUT2D eigenvalue weighted by atomic mass is 16.2. The first-order valence-corrected chi connectivity index (χ1v) is 8.72. The third-order valence-corrected chi connectivity index (χ3v) is 6.04. The van der Waals surface area contributed by atoms with Gasteiger partial charge in [-0.15, -0.1) is 0 Å². The van der Waals surface area contributed by atoms with Crippen LogP contribution in [0.1, 0.15) is 64.7 Å². The van der Waals surface area contributed by atoms with Crippen LogP contribution in [0.4, 0.5) is 0 Å². The van der Waals surface area contributed by atoms with E-state index in [9.17, 15) is 9.59 Å². The molecule has 1 N–H and O–H groups in total. The van der Waals surface area contributed by atoms with Crippen molar-refractivity contribution in [3.63, 3.8) is 0 Å². The Bertz CT molecular complexity index is 406. The van der Waals surface area contributed by atoms with Crippen LogP contribution in [0, 0.1) is 11.3 Å². The van der Waals surface area contributed by atoms with Gasteiger partial charge in [-0.25, -0.2) is 0 Å². The predicted molar refractivity (Wildman–Crippen MR) is 81.7 cm³/mol. The van der Waals surface area contributed by atoms with Crippen LogP contribution in [0.5, 0.6) is 0 Å². The molecule has 1 unspecified atom stereocenters. The lowest BCUT2D eigenvalue weighted by Crippen LogP contribution is -2.62. The molecule has 21 heavy (non-hydrogen) atoms. The van der Waals surface area contributed by atoms with Gasteiger partial charge in [0.2, 0.25) is 11.8 Å². The molecule has 4 heteroatoms. The third-order valence-electron chi connectivity index (χ3n) is 6.04. The van der Waals surface area contributed by atoms with Crippen molar-refractivity contribution in [1.29, 1.82) is 0 Å². The predicted octanol–water partition coefficient (Wildman–Crippen LogP) is 2.47. The Morgan fingerprint density at radius 1 is 1.14 bits per heavy atom. The highest BCUT2D eigenvalue weighted by Crippen LogP contribution is 2.44. The van der Waals surface area contributed by atoms with E-state index in [1.54, 1.807) is 0 Å². The molecule has 0 spiro atoms. The average molecular weight is 292 g/mol. The maximum absolute atomic E-state index is 12.8. The van der Waals surface area contributed by atoms with Crippen molar-refractivity contribution in [2.75, 3.05) is 13.1 Å². The summed E-state index contributed by atoms with van der Waals surface area (Å²) in [4.78, 5) is 26.7. The molecule has 1 heterocycles. The number of amides is 2. The monoisotopic (exact) mass is 292 g/mol. The number of carbonyl (C=O) groups excluding carboxylic acids is 2. The molecule has 0 aromatic carbocycles. The van der Waals surface area contributed by atoms with Gasteiger partial charge < -0.3 is 10.2 Å². The fraction of sp³-hybridized carbons (Fsp3) is 0.882. The minimum atomic E-state index is -0.250. The topological polar surface area (TPSA) is 49.4 Å². The first-order valence-electron chi connectivity index (χ1n) is 8.72. The van der Waals surface area contributed by atoms with Crippen molar-refractivity contribution in [1.82, 2.24) is 10.2 Å². The second-order valence-electron chi connectivity index (χ2n) is 7.34. The zero-order valence-corrected chi connectivity index (χ0v) is 13.2. The normalized spacial score (nSPS) is 30.0. The van der Waals surface area contributed by atoms with Crippen LogP contribution in [0.3, 0.4) is 0 Å². The van der Waals surface area contributed by atoms with E-state index >= 15 is 0 Å². The van der Waals surface area contributed by atoms with E-state index in [4.69, 9.17) is 0 Å². The average Bonchev–Trinajstić information content (AvgIpc) is 2.47. The standard InChI is InChI=1S/C17H28N2O2/c1-2-17(9-6-10-17)12-19-11-14(20)18-15(16(19)21)13-7-4-3-5-8-13/h13,15H,2-12H2,1H3,(H,18,20). The van der Waals surface area contributed by atoms with Gasteiger partial charge >= 0.3 is 0 Å². The molecule has 2 amide bonds. The molecule has 1 saturated heterocycles. The van der Waals surface area contributed by atoms with Crippen molar-refractivity contribution >= 4 is 11.8 Å². The highest BCUT2D eigenvalue weighted by molar-refractivity contribution is 5.95. The zero-order valence-electron chi connectivity index (χ0n) is 13.2. The molecule has 0 aromatic rings. The van der Waals surface area contributed by atoms with Gasteiger partial charge in [0, 0.05) is 6.54 Å². The van der Waals surface area contributed by atoms with E-state index in [1.807, 2.05) is 4.90 Å². The summed E-state index contributed by atoms with van der Waals surface area (Å²) < 4.78 is 0. The summed E-state index contributed by atoms with van der Waals surface area (Å²) in [7, 11) is 0. The highest BCUT2D eigenvalue weighted by Gasteiger charge is 2.43. The van der Waals surface area contributed by atoms with Crippen molar-refractivity contribution in [3.8, 4) is 0 Å². The number of carbonyl (C=O) groups is 2. The lowest BCUT2D eigenvalue weighted by Gasteiger charge is -2.47. The van der Waals surface area contributed by atoms with Crippen LogP contribution in [-0.4, -0.2) is 35.8 Å². The molecule has 2 aliphatic carbocycles. The van der Waals surface area contributed by atoms with Gasteiger partial charge in [-0.05, 0) is 43.4 Å². The van der Waals surface area contributed by atoms with Crippen molar-refractivity contribution in [2.24, 2.45) is 11.3 Å². The van der Waals surface area contributed by atoms with Crippen LogP contribution in [0.15, 0.2) is 0 Å². The molecule has 0 radical (unpaired) electrons. The van der Waals surface area contributed by atoms with Gasteiger partial charge in [0.15, 0.2) is 0 Å². The molecule has 3 rings (SSSR count). The fourth-order valence-corrected chi connectivity index (χ4v) is 4.35. The summed E-state index contributed by atoms with van der Waals surface area (Å²) >= 11 is 0. The molecule has 118 valence electrons. The number of rotatable bonds is 4. The molecular formula is C17H28N2O2. The maximum Gasteiger partial charge on any atom is 0.245 e. The summed E-state index contributed by atoms with van der Waals surface area (Å²) in [5.74, 6) is 0.578. The van der Waals surface area contributed by atoms with Gasteiger partial charge in [0.05, 0.1) is 6.54 Å². The van der Waals surface area contributed by atoms with E-state index in [2.05, 4.69) is 12.2 Å². The fourth-order valence-electron chi connectivity index (χ4n) is 4.35. The van der Waals surface area contributed by atoms with Crippen LogP contribution in [-0.2, 0) is 9.59 Å². The summed E-state index contributed by atoms with van der Waals surface area (Å²) in [6.45, 7) is 3.27. The van der Waals surface area contributed by atoms with Gasteiger partial charge in [-0.2, -0.15) is 0 Å². The Kier molecular flexibility index (Phi) is 4.23. The SMILES string of the molecule is CCC1(CN2CC(=O)NC(C3CCCCC3)C2=O)CCC1. The number of piperazine rings is 1. The molecule has 0 aromatic heterocycles. The van der Waals surface area contributed by atoms with E-state index < -0.39 is 0 Å². The Balaban J connectivity index is 1.69. The minimum absolute atomic E-state index is 0.0377. The number of hydrogen-bond donors (Lipinski definition) is 1. The van der Waals surface area contributed by atoms with E-state index in [0.29, 0.717) is 11.3 Å². The molecule has 1 aliphatic heterocycles. The molecule has 3 aliphatic rings. The minimum Gasteiger partial charge on any atom is -0.342 e. The first kappa shape index (κ1) is 14.9. The molecule has 2 saturated carbocycles. The summed E-state index contributed by atoms with van der Waals surface area (Å²) in [5, 5.41) is 2.98. The Labute approximate surface area is 127 Å². The van der Waals surface area contributed by atoms with Crippen LogP contribution in [0.25, 0.3) is 0 Å². The van der Waals surface area contributed by atoms with Gasteiger partial charge in [0.1, 0.15) is 6.04 Å². The second-order valence-corrected chi connectivity index (χ2v) is 7.34. The Hall–Kier alpha value is -1.06. The number of nitrogens with one attached hydrogen (secondary N) is 1. The van der Waals surface area contributed by atoms with Crippen LogP contribution in [0.2, 0.25) is 0 Å². The van der Waals surface area contributed by atoms with Crippen molar-refractivity contribution < 1.29 is 9.59 Å². The molecule has 3 fully saturated rings. The lowest BCUT2D eigenvalue weighted by atomic mass is 9.66. The Morgan fingerprint density at radius 3 is 2.43 bits per heavy atom. The number of nitrogens with zero attached hydrogens (tertiary/aromatic N) is 1. The van der Waals surface area contributed by atoms with Gasteiger partial charge in [-0.3, -0.25) is 9.59 Å². The largest absolute Gasteiger partial charge is 0.342 e. The quantitative estimate of drug-likeness (QED) is 0.865. The molecule has 4 nitrogen and oxygen atoms in total. The third kappa shape index (κ3) is 2.95. The van der Waals surface area contributed by atoms with E-state index in [1.165, 1.54) is 38.5 Å². The maximum atomic E-state index is 12.8. The lowest BCUT2D eigenvalue weighted by molar-refractivity contribution is -0.149. The van der Waals surface area contributed by atoms with Crippen molar-refractivity contribution in [2.45, 2.75) is 70.8 Å². The van der Waals surface area contributed by atoms with Gasteiger partial charge in [0.25, 0.3) is 0 Å². The van der Waals surface area contributed by atoms with Crippen LogP contribution < -0.4 is 5.32 Å². The summed E-state index contributed by atoms with van der Waals surface area (Å²) in [6, 6.07) is -0.250. The second kappa shape index (κ2) is 5.98. The number of hydrogen-bond acceptors (Lipinski definition) is 2.